The summed E-state index contributed by atoms with van der Waals surface area (Å²) < 4.78 is 5.67. The van der Waals surface area contributed by atoms with Crippen molar-refractivity contribution in [3.8, 4) is 0 Å². The van der Waals surface area contributed by atoms with E-state index in [-0.39, 0.29) is 12.2 Å². The lowest BCUT2D eigenvalue weighted by Gasteiger charge is -2.37. The molecular formula is C14H15ClO2. The summed E-state index contributed by atoms with van der Waals surface area (Å²) in [6.07, 6.45) is 5.47. The summed E-state index contributed by atoms with van der Waals surface area (Å²) in [4.78, 5) is 0. The monoisotopic (exact) mass is 250 g/mol. The normalized spacial score (nSPS) is 35.2. The Kier molecular flexibility index (Phi) is 2.74. The van der Waals surface area contributed by atoms with Crippen molar-refractivity contribution in [2.75, 3.05) is 0 Å². The van der Waals surface area contributed by atoms with Crippen LogP contribution in [0.4, 0.5) is 0 Å². The van der Waals surface area contributed by atoms with Gasteiger partial charge in [0.05, 0.1) is 17.8 Å². The van der Waals surface area contributed by atoms with Gasteiger partial charge in [-0.2, -0.15) is 0 Å². The first-order valence-electron chi connectivity index (χ1n) is 5.91. The number of fused-ring (bicyclic) bond motifs is 2. The smallest absolute Gasteiger partial charge is 0.0952 e. The molecule has 2 aliphatic heterocycles. The largest absolute Gasteiger partial charge is 0.385 e. The lowest BCUT2D eigenvalue weighted by molar-refractivity contribution is -0.107. The van der Waals surface area contributed by atoms with E-state index in [1.807, 2.05) is 36.4 Å². The zero-order valence-electron chi connectivity index (χ0n) is 9.47. The van der Waals surface area contributed by atoms with Crippen molar-refractivity contribution in [3.63, 3.8) is 0 Å². The Morgan fingerprint density at radius 2 is 2.00 bits per heavy atom. The van der Waals surface area contributed by atoms with E-state index < -0.39 is 5.60 Å². The van der Waals surface area contributed by atoms with Crippen LogP contribution in [-0.4, -0.2) is 17.3 Å². The van der Waals surface area contributed by atoms with Gasteiger partial charge in [0.25, 0.3) is 0 Å². The lowest BCUT2D eigenvalue weighted by Crippen LogP contribution is -2.39. The van der Waals surface area contributed by atoms with E-state index >= 15 is 0 Å². The second kappa shape index (κ2) is 4.13. The third-order valence-corrected chi connectivity index (χ3v) is 3.89. The summed E-state index contributed by atoms with van der Waals surface area (Å²) in [5, 5.41) is 10.8. The highest BCUT2D eigenvalue weighted by Crippen LogP contribution is 2.41. The Bertz CT molecular complexity index is 441. The highest BCUT2D eigenvalue weighted by atomic mass is 35.5. The van der Waals surface area contributed by atoms with E-state index in [2.05, 4.69) is 0 Å². The molecule has 1 unspecified atom stereocenters. The zero-order valence-corrected chi connectivity index (χ0v) is 10.2. The molecule has 1 saturated heterocycles. The third-order valence-electron chi connectivity index (χ3n) is 3.59. The fraction of sp³-hybridized carbons (Fsp3) is 0.429. The first kappa shape index (κ1) is 11.3. The van der Waals surface area contributed by atoms with Gasteiger partial charge in [-0.1, -0.05) is 36.4 Å². The Morgan fingerprint density at radius 3 is 2.65 bits per heavy atom. The number of hydrogen-bond donors (Lipinski definition) is 1. The molecule has 2 heterocycles. The number of alkyl halides is 1. The van der Waals surface area contributed by atoms with Gasteiger partial charge >= 0.3 is 0 Å². The first-order valence-corrected chi connectivity index (χ1v) is 6.45. The average Bonchev–Trinajstić information content (AvgIpc) is 2.69. The molecule has 0 aromatic heterocycles. The van der Waals surface area contributed by atoms with Gasteiger partial charge in [-0.25, -0.2) is 0 Å². The highest BCUT2D eigenvalue weighted by molar-refractivity contribution is 6.17. The molecule has 2 nitrogen and oxygen atoms in total. The van der Waals surface area contributed by atoms with Gasteiger partial charge in [-0.05, 0) is 11.1 Å². The van der Waals surface area contributed by atoms with Crippen molar-refractivity contribution in [1.29, 1.82) is 0 Å². The lowest BCUT2D eigenvalue weighted by atomic mass is 9.82. The maximum atomic E-state index is 10.8. The molecule has 17 heavy (non-hydrogen) atoms. The molecule has 1 aromatic carbocycles. The summed E-state index contributed by atoms with van der Waals surface area (Å²) in [6, 6.07) is 7.90. The fourth-order valence-corrected chi connectivity index (χ4v) is 2.89. The predicted molar refractivity (Wildman–Crippen MR) is 66.9 cm³/mol. The van der Waals surface area contributed by atoms with E-state index in [1.54, 1.807) is 0 Å². The molecule has 3 atom stereocenters. The Hall–Kier alpha value is -0.830. The van der Waals surface area contributed by atoms with Crippen molar-refractivity contribution >= 4 is 11.6 Å². The van der Waals surface area contributed by atoms with Crippen molar-refractivity contribution < 1.29 is 9.84 Å². The van der Waals surface area contributed by atoms with Crippen LogP contribution in [0, 0.1) is 0 Å². The molecular weight excluding hydrogens is 236 g/mol. The molecule has 1 fully saturated rings. The highest BCUT2D eigenvalue weighted by Gasteiger charge is 2.42. The molecule has 0 radical (unpaired) electrons. The molecule has 1 aromatic rings. The van der Waals surface area contributed by atoms with Crippen LogP contribution >= 0.6 is 11.6 Å². The molecule has 0 saturated carbocycles. The van der Waals surface area contributed by atoms with E-state index in [0.29, 0.717) is 18.7 Å². The summed E-state index contributed by atoms with van der Waals surface area (Å²) in [6.45, 7) is 0. The minimum atomic E-state index is -0.779. The first-order chi connectivity index (χ1) is 8.19. The molecule has 0 aliphatic carbocycles. The van der Waals surface area contributed by atoms with Crippen LogP contribution in [0.2, 0.25) is 0 Å². The number of halogens is 1. The van der Waals surface area contributed by atoms with Crippen LogP contribution in [0.1, 0.15) is 24.0 Å². The summed E-state index contributed by atoms with van der Waals surface area (Å²) in [5.41, 5.74) is 1.22. The molecule has 2 aliphatic rings. The van der Waals surface area contributed by atoms with Gasteiger partial charge in [0.1, 0.15) is 0 Å². The van der Waals surface area contributed by atoms with Gasteiger partial charge in [0.2, 0.25) is 0 Å². The van der Waals surface area contributed by atoms with Gasteiger partial charge in [-0.3, -0.25) is 0 Å². The van der Waals surface area contributed by atoms with Gasteiger partial charge < -0.3 is 9.84 Å². The minimum Gasteiger partial charge on any atom is -0.385 e. The molecule has 3 rings (SSSR count). The summed E-state index contributed by atoms with van der Waals surface area (Å²) >= 11 is 5.83. The van der Waals surface area contributed by atoms with Crippen LogP contribution in [-0.2, 0) is 16.2 Å². The average molecular weight is 251 g/mol. The quantitative estimate of drug-likeness (QED) is 0.646. The van der Waals surface area contributed by atoms with Gasteiger partial charge in [-0.15, -0.1) is 11.6 Å². The maximum Gasteiger partial charge on any atom is 0.0952 e. The van der Waals surface area contributed by atoms with E-state index in [0.717, 1.165) is 11.1 Å². The third kappa shape index (κ3) is 2.01. The number of hydrogen-bond acceptors (Lipinski definition) is 2. The van der Waals surface area contributed by atoms with Crippen molar-refractivity contribution in [1.82, 2.24) is 0 Å². The van der Waals surface area contributed by atoms with Crippen LogP contribution in [0.3, 0.4) is 0 Å². The molecule has 0 amide bonds. The zero-order chi connectivity index (χ0) is 11.9. The van der Waals surface area contributed by atoms with Gasteiger partial charge in [0.15, 0.2) is 0 Å². The number of aliphatic hydroxyl groups is 1. The molecule has 3 heteroatoms. The second-order valence-electron chi connectivity index (χ2n) is 4.87. The SMILES string of the molecule is OC1(c2cccc(CCl)c2)C[C@H]2C=C[C@@H](C1)O2. The van der Waals surface area contributed by atoms with Crippen LogP contribution in [0.15, 0.2) is 36.4 Å². The molecule has 90 valence electrons. The number of rotatable bonds is 2. The topological polar surface area (TPSA) is 29.5 Å². The molecule has 2 bridgehead atoms. The van der Waals surface area contributed by atoms with Gasteiger partial charge in [0, 0.05) is 18.7 Å². The Morgan fingerprint density at radius 1 is 1.29 bits per heavy atom. The maximum absolute atomic E-state index is 10.8. The van der Waals surface area contributed by atoms with Crippen LogP contribution in [0.25, 0.3) is 0 Å². The van der Waals surface area contributed by atoms with Crippen molar-refractivity contribution in [2.45, 2.75) is 36.5 Å². The van der Waals surface area contributed by atoms with Crippen LogP contribution in [0.5, 0.6) is 0 Å². The predicted octanol–water partition coefficient (Wildman–Crippen LogP) is 2.73. The fourth-order valence-electron chi connectivity index (χ4n) is 2.72. The molecule has 1 N–H and O–H groups in total. The van der Waals surface area contributed by atoms with Crippen LogP contribution < -0.4 is 0 Å². The van der Waals surface area contributed by atoms with E-state index in [9.17, 15) is 5.11 Å². The van der Waals surface area contributed by atoms with E-state index in [1.165, 1.54) is 0 Å². The number of ether oxygens (including phenoxy) is 1. The standard InChI is InChI=1S/C14H15ClO2/c15-9-10-2-1-3-11(6-10)14(16)7-12-4-5-13(8-14)17-12/h1-6,12-13,16H,7-9H2/t12-,13+,14?. The summed E-state index contributed by atoms with van der Waals surface area (Å²) in [5.74, 6) is 0.478. The van der Waals surface area contributed by atoms with E-state index in [4.69, 9.17) is 16.3 Å². The van der Waals surface area contributed by atoms with Crippen molar-refractivity contribution in [3.05, 3.63) is 47.5 Å². The minimum absolute atomic E-state index is 0.0541. The summed E-state index contributed by atoms with van der Waals surface area (Å²) in [7, 11) is 0. The Balaban J connectivity index is 1.92. The number of benzene rings is 1. The second-order valence-corrected chi connectivity index (χ2v) is 5.14. The van der Waals surface area contributed by atoms with Crippen molar-refractivity contribution in [2.24, 2.45) is 0 Å². The molecule has 0 spiro atoms. The Labute approximate surface area is 106 Å².